The lowest BCUT2D eigenvalue weighted by Crippen LogP contribution is -2.29. The zero-order valence-corrected chi connectivity index (χ0v) is 20.2. The second-order valence-corrected chi connectivity index (χ2v) is 9.12. The Kier molecular flexibility index (Phi) is 7.57. The van der Waals surface area contributed by atoms with Gasteiger partial charge < -0.3 is 19.2 Å². The maximum absolute atomic E-state index is 11.9. The molecule has 1 aliphatic heterocycles. The Labute approximate surface area is 209 Å². The summed E-state index contributed by atoms with van der Waals surface area (Å²) in [5.74, 6) is -0.666. The molecule has 3 aromatic rings. The van der Waals surface area contributed by atoms with Gasteiger partial charge in [0.2, 0.25) is 0 Å². The predicted octanol–water partition coefficient (Wildman–Crippen LogP) is 5.51. The molecule has 182 valence electrons. The van der Waals surface area contributed by atoms with Crippen molar-refractivity contribution >= 4 is 46.8 Å². The molecule has 0 amide bonds. The molecule has 1 aliphatic rings. The number of hydrogen-bond acceptors (Lipinski definition) is 9. The molecule has 35 heavy (non-hydrogen) atoms. The first-order valence-electron chi connectivity index (χ1n) is 10.7. The lowest BCUT2D eigenvalue weighted by molar-refractivity contribution is -0.384. The standard InChI is InChI=1S/C23H21ClN4O6S/c1-33-19-8-6-15(24)13-16(19)21-25-26-23(34-21)35-20(22(29)30)12-14-5-7-17(18(11-14)28(31)32)27-9-3-2-4-10-27/h5-8,11-13H,2-4,9-10H2,1H3,(H,29,30)/b20-12+. The number of methoxy groups -OCH3 is 1. The summed E-state index contributed by atoms with van der Waals surface area (Å²) < 4.78 is 10.9. The highest BCUT2D eigenvalue weighted by Crippen LogP contribution is 2.36. The van der Waals surface area contributed by atoms with Crippen LogP contribution in [0.25, 0.3) is 17.5 Å². The SMILES string of the molecule is COc1ccc(Cl)cc1-c1nnc(S/C(=C/c2ccc(N3CCCCC3)c([N+](=O)[O-])c2)C(=O)O)o1. The van der Waals surface area contributed by atoms with Crippen LogP contribution < -0.4 is 9.64 Å². The number of piperidine rings is 1. The first kappa shape index (κ1) is 24.6. The number of aliphatic carboxylic acids is 1. The van der Waals surface area contributed by atoms with Crippen LogP contribution >= 0.6 is 23.4 Å². The van der Waals surface area contributed by atoms with Gasteiger partial charge in [-0.3, -0.25) is 10.1 Å². The van der Waals surface area contributed by atoms with Crippen molar-refractivity contribution < 1.29 is 24.0 Å². The fraction of sp³-hybridized carbons (Fsp3) is 0.261. The minimum absolute atomic E-state index is 0.0184. The summed E-state index contributed by atoms with van der Waals surface area (Å²) in [4.78, 5) is 25.0. The number of benzene rings is 2. The number of anilines is 1. The number of carboxylic acids is 1. The number of carbonyl (C=O) groups is 1. The van der Waals surface area contributed by atoms with Gasteiger partial charge in [0.15, 0.2) is 0 Å². The van der Waals surface area contributed by atoms with Crippen molar-refractivity contribution in [2.24, 2.45) is 0 Å². The minimum atomic E-state index is -1.24. The Hall–Kier alpha value is -3.57. The van der Waals surface area contributed by atoms with Crippen molar-refractivity contribution in [2.75, 3.05) is 25.1 Å². The Morgan fingerprint density at radius 2 is 2.00 bits per heavy atom. The van der Waals surface area contributed by atoms with Gasteiger partial charge >= 0.3 is 5.97 Å². The maximum atomic E-state index is 11.9. The van der Waals surface area contributed by atoms with Crippen molar-refractivity contribution in [1.82, 2.24) is 10.2 Å². The number of ether oxygens (including phenoxy) is 1. The van der Waals surface area contributed by atoms with Crippen molar-refractivity contribution in [3.63, 3.8) is 0 Å². The molecule has 0 unspecified atom stereocenters. The van der Waals surface area contributed by atoms with Crippen molar-refractivity contribution in [3.8, 4) is 17.2 Å². The van der Waals surface area contributed by atoms with E-state index in [9.17, 15) is 20.0 Å². The van der Waals surface area contributed by atoms with Gasteiger partial charge in [-0.2, -0.15) is 0 Å². The summed E-state index contributed by atoms with van der Waals surface area (Å²) in [5.41, 5.74) is 1.31. The van der Waals surface area contributed by atoms with Crippen LogP contribution in [-0.2, 0) is 4.79 Å². The van der Waals surface area contributed by atoms with Crippen molar-refractivity contribution in [2.45, 2.75) is 24.5 Å². The molecule has 1 saturated heterocycles. The number of carboxylic acid groups (broad SMARTS) is 1. The molecule has 1 aromatic heterocycles. The monoisotopic (exact) mass is 516 g/mol. The molecule has 0 atom stereocenters. The molecule has 0 spiro atoms. The number of nitrogens with zero attached hydrogens (tertiary/aromatic N) is 4. The molecular weight excluding hydrogens is 496 g/mol. The van der Waals surface area contributed by atoms with E-state index in [-0.39, 0.29) is 21.7 Å². The Bertz CT molecular complexity index is 1290. The summed E-state index contributed by atoms with van der Waals surface area (Å²) in [6.07, 6.45) is 4.40. The van der Waals surface area contributed by atoms with E-state index in [0.29, 0.717) is 27.6 Å². The predicted molar refractivity (Wildman–Crippen MR) is 132 cm³/mol. The van der Waals surface area contributed by atoms with Gasteiger partial charge in [-0.15, -0.1) is 10.2 Å². The number of nitro groups is 1. The number of thioether (sulfide) groups is 1. The third-order valence-corrected chi connectivity index (χ3v) is 6.48. The molecule has 2 aromatic carbocycles. The molecule has 1 fully saturated rings. The molecule has 10 nitrogen and oxygen atoms in total. The minimum Gasteiger partial charge on any atom is -0.496 e. The normalized spacial score (nSPS) is 14.1. The number of aromatic nitrogens is 2. The quantitative estimate of drug-likeness (QED) is 0.177. The van der Waals surface area contributed by atoms with Gasteiger partial charge in [-0.25, -0.2) is 4.79 Å². The van der Waals surface area contributed by atoms with Crippen LogP contribution in [0.1, 0.15) is 24.8 Å². The molecule has 2 heterocycles. The fourth-order valence-corrected chi connectivity index (χ4v) is 4.61. The van der Waals surface area contributed by atoms with Crippen LogP contribution in [0.3, 0.4) is 0 Å². The number of nitro benzene ring substituents is 1. The van der Waals surface area contributed by atoms with Crippen LogP contribution in [-0.4, -0.2) is 46.4 Å². The first-order valence-corrected chi connectivity index (χ1v) is 11.9. The summed E-state index contributed by atoms with van der Waals surface area (Å²) in [7, 11) is 1.49. The zero-order chi connectivity index (χ0) is 24.9. The van der Waals surface area contributed by atoms with Crippen molar-refractivity contribution in [1.29, 1.82) is 0 Å². The molecule has 0 saturated carbocycles. The van der Waals surface area contributed by atoms with Gasteiger partial charge in [0.1, 0.15) is 16.3 Å². The van der Waals surface area contributed by atoms with E-state index in [1.165, 1.54) is 19.3 Å². The highest BCUT2D eigenvalue weighted by atomic mass is 35.5. The number of halogens is 1. The Balaban J connectivity index is 1.61. The molecule has 1 N–H and O–H groups in total. The highest BCUT2D eigenvalue weighted by molar-refractivity contribution is 8.03. The van der Waals surface area contributed by atoms with E-state index >= 15 is 0 Å². The highest BCUT2D eigenvalue weighted by Gasteiger charge is 2.23. The molecule has 4 rings (SSSR count). The maximum Gasteiger partial charge on any atom is 0.342 e. The van der Waals surface area contributed by atoms with E-state index in [0.717, 1.165) is 44.1 Å². The third kappa shape index (κ3) is 5.75. The number of rotatable bonds is 8. The molecule has 0 radical (unpaired) electrons. The van der Waals surface area contributed by atoms with Crippen LogP contribution in [0.4, 0.5) is 11.4 Å². The van der Waals surface area contributed by atoms with Crippen LogP contribution in [0.5, 0.6) is 5.75 Å². The van der Waals surface area contributed by atoms with E-state index in [4.69, 9.17) is 20.8 Å². The second kappa shape index (κ2) is 10.8. The summed E-state index contributed by atoms with van der Waals surface area (Å²) in [6, 6.07) is 9.60. The van der Waals surface area contributed by atoms with Crippen LogP contribution in [0, 0.1) is 10.1 Å². The van der Waals surface area contributed by atoms with E-state index in [2.05, 4.69) is 10.2 Å². The molecule has 12 heteroatoms. The number of hydrogen-bond donors (Lipinski definition) is 1. The van der Waals surface area contributed by atoms with Crippen molar-refractivity contribution in [3.05, 3.63) is 62.0 Å². The summed E-state index contributed by atoms with van der Waals surface area (Å²) >= 11 is 6.79. The zero-order valence-electron chi connectivity index (χ0n) is 18.6. The first-order chi connectivity index (χ1) is 16.9. The Morgan fingerprint density at radius 3 is 2.69 bits per heavy atom. The average molecular weight is 517 g/mol. The van der Waals surface area contributed by atoms with Gasteiger partial charge in [0.05, 0.1) is 17.6 Å². The summed E-state index contributed by atoms with van der Waals surface area (Å²) in [5, 5.41) is 29.7. The van der Waals surface area contributed by atoms with Gasteiger partial charge in [0.25, 0.3) is 16.8 Å². The molecule has 0 bridgehead atoms. The third-order valence-electron chi connectivity index (χ3n) is 5.40. The lowest BCUT2D eigenvalue weighted by Gasteiger charge is -2.28. The van der Waals surface area contributed by atoms with Crippen LogP contribution in [0.2, 0.25) is 5.02 Å². The smallest absolute Gasteiger partial charge is 0.342 e. The van der Waals surface area contributed by atoms with E-state index in [1.807, 2.05) is 4.90 Å². The van der Waals surface area contributed by atoms with Gasteiger partial charge in [0, 0.05) is 24.2 Å². The largest absolute Gasteiger partial charge is 0.496 e. The van der Waals surface area contributed by atoms with E-state index < -0.39 is 10.9 Å². The lowest BCUT2D eigenvalue weighted by atomic mass is 10.1. The van der Waals surface area contributed by atoms with Gasteiger partial charge in [-0.1, -0.05) is 17.7 Å². The summed E-state index contributed by atoms with van der Waals surface area (Å²) in [6.45, 7) is 1.51. The van der Waals surface area contributed by atoms with Gasteiger partial charge in [-0.05, 0) is 66.9 Å². The average Bonchev–Trinajstić information content (AvgIpc) is 3.32. The second-order valence-electron chi connectivity index (χ2n) is 7.69. The fourth-order valence-electron chi connectivity index (χ4n) is 3.77. The van der Waals surface area contributed by atoms with E-state index in [1.54, 1.807) is 30.3 Å². The molecule has 0 aliphatic carbocycles. The Morgan fingerprint density at radius 1 is 1.23 bits per heavy atom. The molecular formula is C23H21ClN4O6S. The van der Waals surface area contributed by atoms with Crippen LogP contribution in [0.15, 0.2) is 50.9 Å². The topological polar surface area (TPSA) is 132 Å².